The van der Waals surface area contributed by atoms with Crippen molar-refractivity contribution in [2.45, 2.75) is 6.54 Å². The van der Waals surface area contributed by atoms with Gasteiger partial charge in [-0.2, -0.15) is 0 Å². The molecule has 0 spiro atoms. The maximum absolute atomic E-state index is 13.0. The van der Waals surface area contributed by atoms with E-state index in [4.69, 9.17) is 5.73 Å². The van der Waals surface area contributed by atoms with Crippen molar-refractivity contribution in [1.29, 1.82) is 0 Å². The van der Waals surface area contributed by atoms with Gasteiger partial charge in [-0.25, -0.2) is 13.8 Å². The first-order valence-corrected chi connectivity index (χ1v) is 5.56. The Hall–Kier alpha value is -2.44. The second-order valence-corrected chi connectivity index (χ2v) is 3.91. The highest BCUT2D eigenvalue weighted by Crippen LogP contribution is 2.16. The standard InChI is InChI=1S/C12H12F2N4O/c13-9-5-8(11(15)6-10(9)14)12(19)17-2-4-18-3-1-16-7-18/h1,3,5-7H,2,4,15H2,(H,17,19). The molecule has 3 N–H and O–H groups in total. The number of hydrogen-bond donors (Lipinski definition) is 2. The largest absolute Gasteiger partial charge is 0.398 e. The molecule has 1 amide bonds. The number of amides is 1. The van der Waals surface area contributed by atoms with E-state index in [1.165, 1.54) is 0 Å². The molecule has 2 rings (SSSR count). The number of aromatic nitrogens is 2. The van der Waals surface area contributed by atoms with Gasteiger partial charge in [-0.3, -0.25) is 4.79 Å². The molecule has 0 aliphatic heterocycles. The summed E-state index contributed by atoms with van der Waals surface area (Å²) in [5.41, 5.74) is 5.30. The molecule has 19 heavy (non-hydrogen) atoms. The molecule has 0 unspecified atom stereocenters. The molecule has 0 saturated heterocycles. The molecule has 0 atom stereocenters. The van der Waals surface area contributed by atoms with Crippen molar-refractivity contribution >= 4 is 11.6 Å². The quantitative estimate of drug-likeness (QED) is 0.816. The number of nitrogens with one attached hydrogen (secondary N) is 1. The number of imidazole rings is 1. The number of benzene rings is 1. The number of nitrogens with zero attached hydrogens (tertiary/aromatic N) is 2. The van der Waals surface area contributed by atoms with Crippen molar-refractivity contribution < 1.29 is 13.6 Å². The third kappa shape index (κ3) is 3.06. The van der Waals surface area contributed by atoms with Crippen LogP contribution in [0.1, 0.15) is 10.4 Å². The van der Waals surface area contributed by atoms with Crippen LogP contribution in [0.4, 0.5) is 14.5 Å². The van der Waals surface area contributed by atoms with Crippen molar-refractivity contribution in [3.63, 3.8) is 0 Å². The Kier molecular flexibility index (Phi) is 3.74. The molecule has 7 heteroatoms. The van der Waals surface area contributed by atoms with Crippen LogP contribution in [0.25, 0.3) is 0 Å². The van der Waals surface area contributed by atoms with E-state index in [0.29, 0.717) is 13.1 Å². The first-order chi connectivity index (χ1) is 9.08. The van der Waals surface area contributed by atoms with Gasteiger partial charge >= 0.3 is 0 Å². The SMILES string of the molecule is Nc1cc(F)c(F)cc1C(=O)NCCn1ccnc1. The number of carbonyl (C=O) groups is 1. The van der Waals surface area contributed by atoms with Crippen LogP contribution in [0.3, 0.4) is 0 Å². The Morgan fingerprint density at radius 2 is 2.11 bits per heavy atom. The molecule has 1 aromatic heterocycles. The lowest BCUT2D eigenvalue weighted by molar-refractivity contribution is 0.0952. The fourth-order valence-corrected chi connectivity index (χ4v) is 1.57. The van der Waals surface area contributed by atoms with Crippen LogP contribution < -0.4 is 11.1 Å². The summed E-state index contributed by atoms with van der Waals surface area (Å²) < 4.78 is 27.7. The zero-order valence-electron chi connectivity index (χ0n) is 9.94. The predicted molar refractivity (Wildman–Crippen MR) is 65.3 cm³/mol. The summed E-state index contributed by atoms with van der Waals surface area (Å²) >= 11 is 0. The Bertz CT molecular complexity index is 584. The summed E-state index contributed by atoms with van der Waals surface area (Å²) in [6.07, 6.45) is 4.98. The van der Waals surface area contributed by atoms with Gasteiger partial charge in [-0.15, -0.1) is 0 Å². The summed E-state index contributed by atoms with van der Waals surface area (Å²) in [6.45, 7) is 0.850. The van der Waals surface area contributed by atoms with E-state index in [-0.39, 0.29) is 11.3 Å². The van der Waals surface area contributed by atoms with Crippen LogP contribution in [0.2, 0.25) is 0 Å². The summed E-state index contributed by atoms with van der Waals surface area (Å²) in [4.78, 5) is 15.6. The fraction of sp³-hybridized carbons (Fsp3) is 0.167. The Morgan fingerprint density at radius 3 is 2.79 bits per heavy atom. The molecule has 100 valence electrons. The summed E-state index contributed by atoms with van der Waals surface area (Å²) in [7, 11) is 0. The molecular weight excluding hydrogens is 254 g/mol. The maximum atomic E-state index is 13.0. The number of nitrogen functional groups attached to an aromatic ring is 1. The number of hydrogen-bond acceptors (Lipinski definition) is 3. The fourth-order valence-electron chi connectivity index (χ4n) is 1.57. The minimum Gasteiger partial charge on any atom is -0.398 e. The normalized spacial score (nSPS) is 10.4. The lowest BCUT2D eigenvalue weighted by atomic mass is 10.1. The topological polar surface area (TPSA) is 72.9 Å². The molecule has 0 aliphatic carbocycles. The van der Waals surface area contributed by atoms with Gasteiger partial charge in [0.05, 0.1) is 11.9 Å². The monoisotopic (exact) mass is 266 g/mol. The number of halogens is 2. The smallest absolute Gasteiger partial charge is 0.253 e. The van der Waals surface area contributed by atoms with E-state index in [1.54, 1.807) is 23.3 Å². The average molecular weight is 266 g/mol. The number of nitrogens with two attached hydrogens (primary N) is 1. The van der Waals surface area contributed by atoms with Crippen LogP contribution in [0, 0.1) is 11.6 Å². The highest BCUT2D eigenvalue weighted by atomic mass is 19.2. The minimum atomic E-state index is -1.10. The van der Waals surface area contributed by atoms with Crippen LogP contribution in [-0.4, -0.2) is 22.0 Å². The molecule has 1 heterocycles. The summed E-state index contributed by atoms with van der Waals surface area (Å²) in [6, 6.07) is 1.58. The zero-order valence-corrected chi connectivity index (χ0v) is 9.94. The van der Waals surface area contributed by atoms with Gasteiger partial charge < -0.3 is 15.6 Å². The van der Waals surface area contributed by atoms with Crippen molar-refractivity contribution in [2.75, 3.05) is 12.3 Å². The van der Waals surface area contributed by atoms with Crippen molar-refractivity contribution in [2.24, 2.45) is 0 Å². The van der Waals surface area contributed by atoms with Gasteiger partial charge in [0, 0.05) is 37.2 Å². The van der Waals surface area contributed by atoms with E-state index in [1.807, 2.05) is 0 Å². The summed E-state index contributed by atoms with van der Waals surface area (Å²) in [5, 5.41) is 2.57. The van der Waals surface area contributed by atoms with E-state index in [9.17, 15) is 13.6 Å². The second-order valence-electron chi connectivity index (χ2n) is 3.91. The molecule has 0 bridgehead atoms. The van der Waals surface area contributed by atoms with Crippen LogP contribution in [0.15, 0.2) is 30.9 Å². The van der Waals surface area contributed by atoms with Crippen LogP contribution >= 0.6 is 0 Å². The molecule has 1 aromatic carbocycles. The molecule has 0 fully saturated rings. The second kappa shape index (κ2) is 5.47. The van der Waals surface area contributed by atoms with E-state index >= 15 is 0 Å². The van der Waals surface area contributed by atoms with Crippen molar-refractivity contribution in [1.82, 2.24) is 14.9 Å². The zero-order chi connectivity index (χ0) is 13.8. The number of carbonyl (C=O) groups excluding carboxylic acids is 1. The summed E-state index contributed by atoms with van der Waals surface area (Å²) in [5.74, 6) is -2.72. The molecule has 5 nitrogen and oxygen atoms in total. The first-order valence-electron chi connectivity index (χ1n) is 5.56. The molecular formula is C12H12F2N4O. The Balaban J connectivity index is 1.98. The van der Waals surface area contributed by atoms with Gasteiger partial charge in [-0.1, -0.05) is 0 Å². The first kappa shape index (κ1) is 13.0. The van der Waals surface area contributed by atoms with Gasteiger partial charge in [0.25, 0.3) is 5.91 Å². The third-order valence-electron chi connectivity index (χ3n) is 2.55. The Morgan fingerprint density at radius 1 is 1.37 bits per heavy atom. The lowest BCUT2D eigenvalue weighted by Gasteiger charge is -2.08. The van der Waals surface area contributed by atoms with Crippen LogP contribution in [-0.2, 0) is 6.54 Å². The van der Waals surface area contributed by atoms with E-state index < -0.39 is 17.5 Å². The highest BCUT2D eigenvalue weighted by Gasteiger charge is 2.13. The highest BCUT2D eigenvalue weighted by molar-refractivity contribution is 5.99. The molecule has 0 aliphatic rings. The van der Waals surface area contributed by atoms with Gasteiger partial charge in [0.2, 0.25) is 0 Å². The number of anilines is 1. The van der Waals surface area contributed by atoms with E-state index in [0.717, 1.165) is 12.1 Å². The lowest BCUT2D eigenvalue weighted by Crippen LogP contribution is -2.28. The molecule has 0 radical (unpaired) electrons. The minimum absolute atomic E-state index is 0.0791. The maximum Gasteiger partial charge on any atom is 0.253 e. The third-order valence-corrected chi connectivity index (χ3v) is 2.55. The van der Waals surface area contributed by atoms with Crippen molar-refractivity contribution in [3.05, 3.63) is 48.1 Å². The van der Waals surface area contributed by atoms with E-state index in [2.05, 4.69) is 10.3 Å². The van der Waals surface area contributed by atoms with Crippen LogP contribution in [0.5, 0.6) is 0 Å². The van der Waals surface area contributed by atoms with Gasteiger partial charge in [0.15, 0.2) is 11.6 Å². The number of rotatable bonds is 4. The Labute approximate surface area is 108 Å². The molecule has 0 saturated carbocycles. The van der Waals surface area contributed by atoms with Gasteiger partial charge in [0.1, 0.15) is 0 Å². The predicted octanol–water partition coefficient (Wildman–Crippen LogP) is 1.17. The average Bonchev–Trinajstić information content (AvgIpc) is 2.86. The molecule has 2 aromatic rings. The van der Waals surface area contributed by atoms with Gasteiger partial charge in [-0.05, 0) is 6.07 Å². The van der Waals surface area contributed by atoms with Crippen molar-refractivity contribution in [3.8, 4) is 0 Å².